The maximum absolute atomic E-state index is 11.1. The van der Waals surface area contributed by atoms with Crippen molar-refractivity contribution in [1.29, 1.82) is 0 Å². The molecule has 0 radical (unpaired) electrons. The molecule has 62 valence electrons. The minimum Gasteiger partial charge on any atom is -0.449 e. The van der Waals surface area contributed by atoms with Crippen molar-refractivity contribution in [1.82, 2.24) is 4.90 Å². The van der Waals surface area contributed by atoms with Crippen LogP contribution in [0.25, 0.3) is 0 Å². The van der Waals surface area contributed by atoms with E-state index in [0.717, 1.165) is 19.4 Å². The summed E-state index contributed by atoms with van der Waals surface area (Å²) in [6.07, 6.45) is 5.65. The zero-order valence-corrected chi connectivity index (χ0v) is 6.75. The summed E-state index contributed by atoms with van der Waals surface area (Å²) in [5, 5.41) is 0. The van der Waals surface area contributed by atoms with E-state index in [2.05, 4.69) is 0 Å². The van der Waals surface area contributed by atoms with Gasteiger partial charge in [-0.2, -0.15) is 0 Å². The van der Waals surface area contributed by atoms with Crippen LogP contribution in [-0.2, 0) is 4.74 Å². The number of carbonyl (C=O) groups is 1. The fourth-order valence-electron chi connectivity index (χ4n) is 1.01. The number of hydrogen-bond acceptors (Lipinski definition) is 2. The number of ether oxygens (including phenoxy) is 1. The van der Waals surface area contributed by atoms with Gasteiger partial charge >= 0.3 is 6.09 Å². The second kappa shape index (κ2) is 4.01. The lowest BCUT2D eigenvalue weighted by Crippen LogP contribution is -2.29. The molecule has 3 heteroatoms. The van der Waals surface area contributed by atoms with E-state index >= 15 is 0 Å². The normalized spacial score (nSPS) is 16.6. The lowest BCUT2D eigenvalue weighted by atomic mass is 10.2. The molecule has 0 atom stereocenters. The van der Waals surface area contributed by atoms with E-state index in [9.17, 15) is 4.79 Å². The Kier molecular flexibility index (Phi) is 2.95. The van der Waals surface area contributed by atoms with E-state index in [1.165, 1.54) is 0 Å². The number of hydrogen-bond donors (Lipinski definition) is 0. The van der Waals surface area contributed by atoms with Crippen LogP contribution < -0.4 is 0 Å². The van der Waals surface area contributed by atoms with Gasteiger partial charge in [0.2, 0.25) is 0 Å². The summed E-state index contributed by atoms with van der Waals surface area (Å²) in [7, 11) is 0. The molecule has 0 aromatic carbocycles. The van der Waals surface area contributed by atoms with Crippen LogP contribution >= 0.6 is 0 Å². The van der Waals surface area contributed by atoms with E-state index < -0.39 is 0 Å². The van der Waals surface area contributed by atoms with Gasteiger partial charge in [-0.3, -0.25) is 4.90 Å². The SMILES string of the molecule is CCOC(=O)N1C=CCCC1. The third kappa shape index (κ3) is 2.26. The molecule has 1 aliphatic rings. The van der Waals surface area contributed by atoms with Crippen molar-refractivity contribution in [2.75, 3.05) is 13.2 Å². The van der Waals surface area contributed by atoms with Crippen LogP contribution in [0, 0.1) is 0 Å². The average Bonchev–Trinajstić information content (AvgIpc) is 2.07. The summed E-state index contributed by atoms with van der Waals surface area (Å²) in [5.74, 6) is 0. The quantitative estimate of drug-likeness (QED) is 0.577. The number of nitrogens with zero attached hydrogens (tertiary/aromatic N) is 1. The first-order valence-corrected chi connectivity index (χ1v) is 3.94. The molecule has 0 aromatic heterocycles. The minimum absolute atomic E-state index is 0.233. The Morgan fingerprint density at radius 3 is 3.09 bits per heavy atom. The molecule has 1 heterocycles. The Morgan fingerprint density at radius 1 is 1.73 bits per heavy atom. The highest BCUT2D eigenvalue weighted by molar-refractivity contribution is 5.68. The molecular weight excluding hydrogens is 142 g/mol. The highest BCUT2D eigenvalue weighted by Crippen LogP contribution is 2.06. The van der Waals surface area contributed by atoms with Gasteiger partial charge in [-0.1, -0.05) is 6.08 Å². The third-order valence-corrected chi connectivity index (χ3v) is 1.56. The molecule has 0 spiro atoms. The Labute approximate surface area is 66.6 Å². The molecule has 1 amide bonds. The predicted molar refractivity (Wildman–Crippen MR) is 42.1 cm³/mol. The smallest absolute Gasteiger partial charge is 0.413 e. The number of carbonyl (C=O) groups excluding carboxylic acids is 1. The standard InChI is InChI=1S/C8H13NO2/c1-2-11-8(10)9-6-4-3-5-7-9/h4,6H,2-3,5,7H2,1H3. The minimum atomic E-state index is -0.233. The number of amides is 1. The number of allylic oxidation sites excluding steroid dienone is 1. The predicted octanol–water partition coefficient (Wildman–Crippen LogP) is 1.75. The Balaban J connectivity index is 2.39. The van der Waals surface area contributed by atoms with E-state index in [1.807, 2.05) is 13.0 Å². The van der Waals surface area contributed by atoms with Crippen molar-refractivity contribution in [3.05, 3.63) is 12.3 Å². The molecular formula is C8H13NO2. The van der Waals surface area contributed by atoms with Gasteiger partial charge < -0.3 is 4.74 Å². The van der Waals surface area contributed by atoms with Gasteiger partial charge in [0.05, 0.1) is 6.61 Å². The summed E-state index contributed by atoms with van der Waals surface area (Å²) < 4.78 is 4.82. The zero-order valence-electron chi connectivity index (χ0n) is 6.75. The first kappa shape index (κ1) is 8.11. The van der Waals surface area contributed by atoms with Crippen molar-refractivity contribution in [3.8, 4) is 0 Å². The van der Waals surface area contributed by atoms with Crippen molar-refractivity contribution in [2.45, 2.75) is 19.8 Å². The Hall–Kier alpha value is -0.990. The molecule has 0 bridgehead atoms. The maximum atomic E-state index is 11.1. The van der Waals surface area contributed by atoms with E-state index in [-0.39, 0.29) is 6.09 Å². The molecule has 1 rings (SSSR count). The van der Waals surface area contributed by atoms with Crippen LogP contribution in [0.3, 0.4) is 0 Å². The molecule has 0 aromatic rings. The molecule has 0 saturated heterocycles. The molecule has 0 saturated carbocycles. The van der Waals surface area contributed by atoms with Crippen LogP contribution in [0.15, 0.2) is 12.3 Å². The maximum Gasteiger partial charge on any atom is 0.413 e. The highest BCUT2D eigenvalue weighted by Gasteiger charge is 2.12. The lowest BCUT2D eigenvalue weighted by molar-refractivity contribution is 0.120. The summed E-state index contributed by atoms with van der Waals surface area (Å²) >= 11 is 0. The molecule has 3 nitrogen and oxygen atoms in total. The molecule has 11 heavy (non-hydrogen) atoms. The van der Waals surface area contributed by atoms with Crippen LogP contribution in [0.1, 0.15) is 19.8 Å². The topological polar surface area (TPSA) is 29.5 Å². The van der Waals surface area contributed by atoms with Crippen molar-refractivity contribution in [3.63, 3.8) is 0 Å². The molecule has 0 aliphatic carbocycles. The van der Waals surface area contributed by atoms with Crippen molar-refractivity contribution < 1.29 is 9.53 Å². The van der Waals surface area contributed by atoms with E-state index in [0.29, 0.717) is 6.61 Å². The van der Waals surface area contributed by atoms with Gasteiger partial charge in [-0.15, -0.1) is 0 Å². The Bertz CT molecular complexity index is 165. The van der Waals surface area contributed by atoms with Crippen molar-refractivity contribution in [2.24, 2.45) is 0 Å². The van der Waals surface area contributed by atoms with E-state index in [4.69, 9.17) is 4.74 Å². The summed E-state index contributed by atoms with van der Waals surface area (Å²) in [6.45, 7) is 3.05. The second-order valence-corrected chi connectivity index (χ2v) is 2.42. The van der Waals surface area contributed by atoms with Crippen molar-refractivity contribution >= 4 is 6.09 Å². The molecule has 0 N–H and O–H groups in total. The molecule has 1 aliphatic heterocycles. The van der Waals surface area contributed by atoms with Gasteiger partial charge in [0.15, 0.2) is 0 Å². The van der Waals surface area contributed by atoms with Crippen LogP contribution in [-0.4, -0.2) is 24.1 Å². The third-order valence-electron chi connectivity index (χ3n) is 1.56. The summed E-state index contributed by atoms with van der Waals surface area (Å²) in [4.78, 5) is 12.7. The first-order chi connectivity index (χ1) is 5.34. The highest BCUT2D eigenvalue weighted by atomic mass is 16.6. The fourth-order valence-corrected chi connectivity index (χ4v) is 1.01. The van der Waals surface area contributed by atoms with Crippen LogP contribution in [0.2, 0.25) is 0 Å². The van der Waals surface area contributed by atoms with Crippen LogP contribution in [0.4, 0.5) is 4.79 Å². The second-order valence-electron chi connectivity index (χ2n) is 2.42. The first-order valence-electron chi connectivity index (χ1n) is 3.94. The Morgan fingerprint density at radius 2 is 2.55 bits per heavy atom. The zero-order chi connectivity index (χ0) is 8.10. The van der Waals surface area contributed by atoms with Gasteiger partial charge in [0.1, 0.15) is 0 Å². The van der Waals surface area contributed by atoms with E-state index in [1.54, 1.807) is 11.1 Å². The molecule has 0 unspecified atom stereocenters. The summed E-state index contributed by atoms with van der Waals surface area (Å²) in [5.41, 5.74) is 0. The van der Waals surface area contributed by atoms with Gasteiger partial charge in [-0.05, 0) is 19.8 Å². The fraction of sp³-hybridized carbons (Fsp3) is 0.625. The average molecular weight is 155 g/mol. The van der Waals surface area contributed by atoms with Gasteiger partial charge in [0, 0.05) is 12.7 Å². The van der Waals surface area contributed by atoms with Gasteiger partial charge in [-0.25, -0.2) is 4.79 Å². The monoisotopic (exact) mass is 155 g/mol. The van der Waals surface area contributed by atoms with Crippen LogP contribution in [0.5, 0.6) is 0 Å². The molecule has 0 fully saturated rings. The largest absolute Gasteiger partial charge is 0.449 e. The lowest BCUT2D eigenvalue weighted by Gasteiger charge is -2.19. The number of rotatable bonds is 1. The van der Waals surface area contributed by atoms with Gasteiger partial charge in [0.25, 0.3) is 0 Å². The summed E-state index contributed by atoms with van der Waals surface area (Å²) in [6, 6.07) is 0.